The van der Waals surface area contributed by atoms with Crippen molar-refractivity contribution in [3.05, 3.63) is 57.6 Å². The van der Waals surface area contributed by atoms with Crippen molar-refractivity contribution in [1.82, 2.24) is 15.0 Å². The van der Waals surface area contributed by atoms with Crippen molar-refractivity contribution in [1.29, 1.82) is 0 Å². The van der Waals surface area contributed by atoms with Gasteiger partial charge in [-0.2, -0.15) is 13.2 Å². The first kappa shape index (κ1) is 23.8. The number of rotatable bonds is 3. The fraction of sp³-hybridized carbons (Fsp3) is 0.250. The molecule has 0 aliphatic carbocycles. The van der Waals surface area contributed by atoms with E-state index in [2.05, 4.69) is 33.1 Å². The maximum atomic E-state index is 13.0. The summed E-state index contributed by atoms with van der Waals surface area (Å²) < 4.78 is 39.0. The average molecular weight is 400 g/mol. The van der Waals surface area contributed by atoms with Gasteiger partial charge in [0.2, 0.25) is 5.56 Å². The molecule has 1 aromatic carbocycles. The van der Waals surface area contributed by atoms with Crippen molar-refractivity contribution >= 4 is 30.2 Å². The highest BCUT2D eigenvalue weighted by atomic mass is 19.4. The molecule has 3 rings (SSSR count). The maximum absolute atomic E-state index is 13.0. The van der Waals surface area contributed by atoms with Gasteiger partial charge in [-0.25, -0.2) is 9.97 Å². The summed E-state index contributed by atoms with van der Waals surface area (Å²) in [4.78, 5) is 22.1. The van der Waals surface area contributed by atoms with Crippen LogP contribution in [0.3, 0.4) is 0 Å². The van der Waals surface area contributed by atoms with E-state index in [0.29, 0.717) is 16.8 Å². The zero-order valence-corrected chi connectivity index (χ0v) is 16.3. The van der Waals surface area contributed by atoms with Crippen molar-refractivity contribution in [2.45, 2.75) is 33.5 Å². The molecule has 0 spiro atoms. The molecule has 0 saturated heterocycles. The molecule has 3 aromatic rings. The quantitative estimate of drug-likeness (QED) is 0.523. The normalized spacial score (nSPS) is 10.3. The molecular weight excluding hydrogens is 380 g/mol. The van der Waals surface area contributed by atoms with E-state index >= 15 is 0 Å². The number of halogens is 3. The van der Waals surface area contributed by atoms with E-state index in [1.54, 1.807) is 6.07 Å². The molecule has 150 valence electrons. The third-order valence-electron chi connectivity index (χ3n) is 3.88. The van der Waals surface area contributed by atoms with Crippen LogP contribution in [0.4, 0.5) is 19.0 Å². The molecule has 0 aliphatic rings. The molecule has 2 radical (unpaired) electrons. The lowest BCUT2D eigenvalue weighted by molar-refractivity contribution is -0.138. The largest absolute Gasteiger partial charge is 0.416 e. The van der Waals surface area contributed by atoms with E-state index in [4.69, 9.17) is 7.85 Å². The number of hydrogen-bond acceptors (Lipinski definition) is 4. The Kier molecular flexibility index (Phi) is 8.46. The Hall–Kier alpha value is -3.28. The number of hydrogen-bond donors (Lipinski definition) is 2. The standard InChI is InChI=1S/C16H12BF3N4O.C2H6.C2H2/c1-8-9(3-2-4-11(8)16(18,19)20)6-21-13-10-5-12(17)15(25)24-14(10)23-7-22-13;2*1-2/h2-5,7H,6H2,1H3,(H2,21,22,23,24,25);1-2H3;1-2H. The number of aromatic amines is 1. The fourth-order valence-corrected chi connectivity index (χ4v) is 2.53. The van der Waals surface area contributed by atoms with Gasteiger partial charge < -0.3 is 10.3 Å². The Labute approximate surface area is 168 Å². The number of fused-ring (bicyclic) bond motifs is 1. The summed E-state index contributed by atoms with van der Waals surface area (Å²) in [6.45, 7) is 5.55. The van der Waals surface area contributed by atoms with Crippen LogP contribution in [0, 0.1) is 19.8 Å². The molecule has 0 fully saturated rings. The van der Waals surface area contributed by atoms with Crippen LogP contribution in [0.1, 0.15) is 30.5 Å². The van der Waals surface area contributed by atoms with Gasteiger partial charge in [0.25, 0.3) is 0 Å². The first-order chi connectivity index (χ1) is 13.8. The molecule has 9 heteroatoms. The molecular formula is C20H20BF3N4O. The summed E-state index contributed by atoms with van der Waals surface area (Å²) in [6.07, 6.45) is 4.84. The summed E-state index contributed by atoms with van der Waals surface area (Å²) in [5.74, 6) is 0.366. The highest BCUT2D eigenvalue weighted by molar-refractivity contribution is 6.32. The van der Waals surface area contributed by atoms with E-state index in [-0.39, 0.29) is 23.2 Å². The molecule has 2 heterocycles. The minimum absolute atomic E-state index is 0.000555. The van der Waals surface area contributed by atoms with Gasteiger partial charge in [-0.1, -0.05) is 26.0 Å². The van der Waals surface area contributed by atoms with E-state index < -0.39 is 17.3 Å². The van der Waals surface area contributed by atoms with Gasteiger partial charge in [0, 0.05) is 6.54 Å². The summed E-state index contributed by atoms with van der Waals surface area (Å²) in [6, 6.07) is 5.44. The number of benzene rings is 1. The van der Waals surface area contributed by atoms with E-state index in [1.807, 2.05) is 13.8 Å². The van der Waals surface area contributed by atoms with Crippen LogP contribution in [0.15, 0.2) is 35.4 Å². The summed E-state index contributed by atoms with van der Waals surface area (Å²) >= 11 is 0. The zero-order valence-electron chi connectivity index (χ0n) is 16.3. The number of H-pyrrole nitrogens is 1. The van der Waals surface area contributed by atoms with Crippen LogP contribution < -0.4 is 16.3 Å². The van der Waals surface area contributed by atoms with Crippen LogP contribution in [-0.2, 0) is 12.7 Å². The lowest BCUT2D eigenvalue weighted by atomic mass is 9.97. The van der Waals surface area contributed by atoms with Gasteiger partial charge >= 0.3 is 6.18 Å². The first-order valence-electron chi connectivity index (χ1n) is 8.64. The van der Waals surface area contributed by atoms with Gasteiger partial charge in [0.1, 0.15) is 25.6 Å². The van der Waals surface area contributed by atoms with Gasteiger partial charge in [-0.15, -0.1) is 12.8 Å². The van der Waals surface area contributed by atoms with Gasteiger partial charge in [0.05, 0.1) is 10.9 Å². The molecule has 0 amide bonds. The van der Waals surface area contributed by atoms with Crippen molar-refractivity contribution in [3.8, 4) is 12.8 Å². The van der Waals surface area contributed by atoms with E-state index in [1.165, 1.54) is 25.4 Å². The van der Waals surface area contributed by atoms with Crippen molar-refractivity contribution in [3.63, 3.8) is 0 Å². The predicted molar refractivity (Wildman–Crippen MR) is 110 cm³/mol. The molecule has 5 nitrogen and oxygen atoms in total. The van der Waals surface area contributed by atoms with Crippen LogP contribution in [0.2, 0.25) is 0 Å². The number of aromatic nitrogens is 3. The summed E-state index contributed by atoms with van der Waals surface area (Å²) in [7, 11) is 5.60. The van der Waals surface area contributed by atoms with Crippen LogP contribution in [-0.4, -0.2) is 22.8 Å². The van der Waals surface area contributed by atoms with Gasteiger partial charge in [-0.05, 0) is 35.6 Å². The number of alkyl halides is 3. The lowest BCUT2D eigenvalue weighted by Crippen LogP contribution is -2.27. The first-order valence-corrected chi connectivity index (χ1v) is 8.64. The lowest BCUT2D eigenvalue weighted by Gasteiger charge is -2.15. The van der Waals surface area contributed by atoms with Crippen LogP contribution in [0.5, 0.6) is 0 Å². The van der Waals surface area contributed by atoms with Gasteiger partial charge in [0.15, 0.2) is 0 Å². The second-order valence-corrected chi connectivity index (χ2v) is 5.48. The summed E-state index contributed by atoms with van der Waals surface area (Å²) in [5.41, 5.74) is -0.218. The molecule has 0 saturated carbocycles. The van der Waals surface area contributed by atoms with Crippen molar-refractivity contribution in [2.24, 2.45) is 0 Å². The molecule has 29 heavy (non-hydrogen) atoms. The number of anilines is 1. The van der Waals surface area contributed by atoms with Crippen molar-refractivity contribution < 1.29 is 13.2 Å². The highest BCUT2D eigenvalue weighted by Crippen LogP contribution is 2.33. The molecule has 0 bridgehead atoms. The third-order valence-corrected chi connectivity index (χ3v) is 3.88. The fourth-order valence-electron chi connectivity index (χ4n) is 2.53. The topological polar surface area (TPSA) is 70.7 Å². The van der Waals surface area contributed by atoms with E-state index in [9.17, 15) is 18.0 Å². The molecule has 2 N–H and O–H groups in total. The second kappa shape index (κ2) is 10.3. The maximum Gasteiger partial charge on any atom is 0.416 e. The van der Waals surface area contributed by atoms with Crippen LogP contribution >= 0.6 is 0 Å². The molecule has 0 aliphatic heterocycles. The highest BCUT2D eigenvalue weighted by Gasteiger charge is 2.32. The minimum Gasteiger partial charge on any atom is -0.365 e. The zero-order chi connectivity index (χ0) is 22.2. The average Bonchev–Trinajstić information content (AvgIpc) is 2.70. The van der Waals surface area contributed by atoms with Crippen LogP contribution in [0.25, 0.3) is 11.0 Å². The minimum atomic E-state index is -4.41. The Balaban J connectivity index is 0.000000989. The smallest absolute Gasteiger partial charge is 0.365 e. The SMILES string of the molecule is C#C.CC.[B]c1cc2c(NCc3cccc(C(F)(F)F)c3C)ncnc2[nH]c1=O. The van der Waals surface area contributed by atoms with E-state index in [0.717, 1.165) is 6.07 Å². The molecule has 0 unspecified atom stereocenters. The number of nitrogens with zero attached hydrogens (tertiary/aromatic N) is 2. The predicted octanol–water partition coefficient (Wildman–Crippen LogP) is 3.33. The molecule has 0 atom stereocenters. The Bertz CT molecular complexity index is 1050. The Morgan fingerprint density at radius 3 is 2.48 bits per heavy atom. The number of pyridine rings is 1. The Morgan fingerprint density at radius 1 is 1.21 bits per heavy atom. The Morgan fingerprint density at radius 2 is 1.86 bits per heavy atom. The number of terminal acetylenes is 1. The second-order valence-electron chi connectivity index (χ2n) is 5.48. The van der Waals surface area contributed by atoms with Gasteiger partial charge in [-0.3, -0.25) is 4.79 Å². The number of nitrogens with one attached hydrogen (secondary N) is 2. The molecule has 2 aromatic heterocycles. The van der Waals surface area contributed by atoms with Crippen molar-refractivity contribution in [2.75, 3.05) is 5.32 Å². The third kappa shape index (κ3) is 5.61. The summed E-state index contributed by atoms with van der Waals surface area (Å²) in [5, 5.41) is 3.45. The monoisotopic (exact) mass is 400 g/mol.